The molecule has 0 radical (unpaired) electrons. The third kappa shape index (κ3) is 3.89. The third-order valence-electron chi connectivity index (χ3n) is 4.06. The van der Waals surface area contributed by atoms with Gasteiger partial charge in [-0.05, 0) is 43.7 Å². The molecular weight excluding hydrogens is 328 g/mol. The van der Waals surface area contributed by atoms with Gasteiger partial charge in [-0.25, -0.2) is 0 Å². The van der Waals surface area contributed by atoms with E-state index in [0.717, 1.165) is 30.1 Å². The molecule has 1 aromatic carbocycles. The second-order valence-corrected chi connectivity index (χ2v) is 6.69. The van der Waals surface area contributed by atoms with E-state index in [1.165, 1.54) is 11.3 Å². The number of anilines is 1. The summed E-state index contributed by atoms with van der Waals surface area (Å²) in [5, 5.41) is 21.4. The van der Waals surface area contributed by atoms with Crippen LogP contribution in [0.3, 0.4) is 0 Å². The summed E-state index contributed by atoms with van der Waals surface area (Å²) in [4.78, 5) is 14.4. The lowest BCUT2D eigenvalue weighted by Gasteiger charge is -2.20. The van der Waals surface area contributed by atoms with Crippen LogP contribution in [-0.4, -0.2) is 52.4 Å². The standard InChI is InChI=1S/C16H20N4O3S/c1-23-13-6-4-11(5-7-13)17-15(22)16-19-18-14(24-16)9-20-8-2-3-12(20)10-21/h4-7,12,21H,2-3,8-10H2,1H3,(H,17,22)/t12-/m0/s1. The van der Waals surface area contributed by atoms with Crippen LogP contribution in [0.1, 0.15) is 27.7 Å². The summed E-state index contributed by atoms with van der Waals surface area (Å²) < 4.78 is 5.09. The number of hydrogen-bond acceptors (Lipinski definition) is 7. The summed E-state index contributed by atoms with van der Waals surface area (Å²) in [6, 6.07) is 7.29. The number of aliphatic hydroxyl groups is 1. The Labute approximate surface area is 144 Å². The highest BCUT2D eigenvalue weighted by atomic mass is 32.1. The summed E-state index contributed by atoms with van der Waals surface area (Å²) in [7, 11) is 1.60. The van der Waals surface area contributed by atoms with Crippen LogP contribution in [0.5, 0.6) is 5.75 Å². The Kier molecular flexibility index (Phi) is 5.39. The summed E-state index contributed by atoms with van der Waals surface area (Å²) >= 11 is 1.29. The van der Waals surface area contributed by atoms with E-state index in [0.29, 0.717) is 17.2 Å². The molecular formula is C16H20N4O3S. The molecule has 0 spiro atoms. The van der Waals surface area contributed by atoms with Gasteiger partial charge in [0.2, 0.25) is 5.01 Å². The van der Waals surface area contributed by atoms with Crippen molar-refractivity contribution in [1.29, 1.82) is 0 Å². The van der Waals surface area contributed by atoms with E-state index < -0.39 is 0 Å². The lowest BCUT2D eigenvalue weighted by molar-refractivity contribution is 0.102. The van der Waals surface area contributed by atoms with Crippen LogP contribution in [0, 0.1) is 0 Å². The number of amides is 1. The predicted molar refractivity (Wildman–Crippen MR) is 91.4 cm³/mol. The molecule has 1 amide bonds. The number of nitrogens with one attached hydrogen (secondary N) is 1. The van der Waals surface area contributed by atoms with E-state index >= 15 is 0 Å². The van der Waals surface area contributed by atoms with Gasteiger partial charge < -0.3 is 15.2 Å². The van der Waals surface area contributed by atoms with Crippen molar-refractivity contribution < 1.29 is 14.6 Å². The number of benzene rings is 1. The fourth-order valence-electron chi connectivity index (χ4n) is 2.75. The topological polar surface area (TPSA) is 87.6 Å². The predicted octanol–water partition coefficient (Wildman–Crippen LogP) is 1.76. The first-order valence-electron chi connectivity index (χ1n) is 7.82. The van der Waals surface area contributed by atoms with E-state index in [-0.39, 0.29) is 18.6 Å². The summed E-state index contributed by atoms with van der Waals surface area (Å²) in [5.41, 5.74) is 0.678. The molecule has 0 aliphatic carbocycles. The number of aromatic nitrogens is 2. The SMILES string of the molecule is COc1ccc(NC(=O)c2nnc(CN3CCC[C@H]3CO)s2)cc1. The second kappa shape index (κ2) is 7.69. The molecule has 1 saturated heterocycles. The Morgan fingerprint density at radius 1 is 1.42 bits per heavy atom. The summed E-state index contributed by atoms with van der Waals surface area (Å²) in [6.07, 6.45) is 2.08. The molecule has 128 valence electrons. The second-order valence-electron chi connectivity index (χ2n) is 5.63. The molecule has 8 heteroatoms. The average molecular weight is 348 g/mol. The summed E-state index contributed by atoms with van der Waals surface area (Å²) in [5.74, 6) is 0.458. The molecule has 1 aliphatic heterocycles. The molecule has 0 saturated carbocycles. The molecule has 3 rings (SSSR count). The van der Waals surface area contributed by atoms with Crippen molar-refractivity contribution in [2.45, 2.75) is 25.4 Å². The van der Waals surface area contributed by atoms with Gasteiger partial charge in [0.25, 0.3) is 5.91 Å². The molecule has 1 fully saturated rings. The van der Waals surface area contributed by atoms with E-state index in [1.54, 1.807) is 31.4 Å². The first-order valence-corrected chi connectivity index (χ1v) is 8.64. The number of carbonyl (C=O) groups excluding carboxylic acids is 1. The monoisotopic (exact) mass is 348 g/mol. The van der Waals surface area contributed by atoms with Crippen molar-refractivity contribution in [3.05, 3.63) is 34.3 Å². The van der Waals surface area contributed by atoms with Gasteiger partial charge in [0, 0.05) is 11.7 Å². The minimum atomic E-state index is -0.274. The highest BCUT2D eigenvalue weighted by Gasteiger charge is 2.25. The Morgan fingerprint density at radius 3 is 2.92 bits per heavy atom. The highest BCUT2D eigenvalue weighted by molar-refractivity contribution is 7.13. The molecule has 1 atom stereocenters. The zero-order valence-electron chi connectivity index (χ0n) is 13.4. The van der Waals surface area contributed by atoms with Crippen LogP contribution in [0.15, 0.2) is 24.3 Å². The van der Waals surface area contributed by atoms with E-state index in [4.69, 9.17) is 4.74 Å². The lowest BCUT2D eigenvalue weighted by Crippen LogP contribution is -2.31. The molecule has 24 heavy (non-hydrogen) atoms. The molecule has 1 aliphatic rings. The first-order chi connectivity index (χ1) is 11.7. The van der Waals surface area contributed by atoms with Crippen LogP contribution < -0.4 is 10.1 Å². The molecule has 1 aromatic heterocycles. The molecule has 2 N–H and O–H groups in total. The Balaban J connectivity index is 1.60. The van der Waals surface area contributed by atoms with E-state index in [1.807, 2.05) is 0 Å². The minimum absolute atomic E-state index is 0.156. The average Bonchev–Trinajstić information content (AvgIpc) is 3.25. The maximum Gasteiger partial charge on any atom is 0.286 e. The molecule has 2 heterocycles. The van der Waals surface area contributed by atoms with Crippen molar-refractivity contribution in [2.75, 3.05) is 25.6 Å². The smallest absolute Gasteiger partial charge is 0.286 e. The largest absolute Gasteiger partial charge is 0.497 e. The number of aliphatic hydroxyl groups excluding tert-OH is 1. The van der Waals surface area contributed by atoms with Gasteiger partial charge in [0.05, 0.1) is 20.3 Å². The van der Waals surface area contributed by atoms with Crippen LogP contribution in [0.4, 0.5) is 5.69 Å². The van der Waals surface area contributed by atoms with Crippen molar-refractivity contribution in [2.24, 2.45) is 0 Å². The number of likely N-dealkylation sites (tertiary alicyclic amines) is 1. The fourth-order valence-corrected chi connectivity index (χ4v) is 3.51. The maximum absolute atomic E-state index is 12.3. The number of methoxy groups -OCH3 is 1. The Hall–Kier alpha value is -2.03. The van der Waals surface area contributed by atoms with Crippen molar-refractivity contribution in [3.8, 4) is 5.75 Å². The van der Waals surface area contributed by atoms with E-state index in [2.05, 4.69) is 20.4 Å². The fraction of sp³-hybridized carbons (Fsp3) is 0.438. The third-order valence-corrected chi connectivity index (χ3v) is 4.96. The first kappa shape index (κ1) is 16.8. The van der Waals surface area contributed by atoms with Crippen molar-refractivity contribution in [1.82, 2.24) is 15.1 Å². The highest BCUT2D eigenvalue weighted by Crippen LogP contribution is 2.22. The van der Waals surface area contributed by atoms with Crippen LogP contribution in [0.25, 0.3) is 0 Å². The summed E-state index contributed by atoms with van der Waals surface area (Å²) in [6.45, 7) is 1.72. The number of ether oxygens (including phenoxy) is 1. The van der Waals surface area contributed by atoms with Gasteiger partial charge in [-0.3, -0.25) is 9.69 Å². The lowest BCUT2D eigenvalue weighted by atomic mass is 10.2. The number of nitrogens with zero attached hydrogens (tertiary/aromatic N) is 3. The molecule has 2 aromatic rings. The van der Waals surface area contributed by atoms with Crippen LogP contribution in [-0.2, 0) is 6.54 Å². The quantitative estimate of drug-likeness (QED) is 0.827. The Bertz CT molecular complexity index is 689. The van der Waals surface area contributed by atoms with E-state index in [9.17, 15) is 9.90 Å². The van der Waals surface area contributed by atoms with Gasteiger partial charge in [-0.1, -0.05) is 11.3 Å². The van der Waals surface area contributed by atoms with Gasteiger partial charge >= 0.3 is 0 Å². The zero-order chi connectivity index (χ0) is 16.9. The number of carbonyl (C=O) groups is 1. The molecule has 0 unspecified atom stereocenters. The van der Waals surface area contributed by atoms with Gasteiger partial charge in [0.15, 0.2) is 0 Å². The minimum Gasteiger partial charge on any atom is -0.497 e. The van der Waals surface area contributed by atoms with Gasteiger partial charge in [-0.2, -0.15) is 0 Å². The molecule has 7 nitrogen and oxygen atoms in total. The zero-order valence-corrected chi connectivity index (χ0v) is 14.3. The maximum atomic E-state index is 12.3. The van der Waals surface area contributed by atoms with Gasteiger partial charge in [-0.15, -0.1) is 10.2 Å². The normalized spacial score (nSPS) is 17.8. The Morgan fingerprint density at radius 2 is 2.21 bits per heavy atom. The van der Waals surface area contributed by atoms with Crippen molar-refractivity contribution in [3.63, 3.8) is 0 Å². The number of rotatable bonds is 6. The van der Waals surface area contributed by atoms with Crippen LogP contribution >= 0.6 is 11.3 Å². The van der Waals surface area contributed by atoms with Gasteiger partial charge in [0.1, 0.15) is 10.8 Å². The molecule has 0 bridgehead atoms. The van der Waals surface area contributed by atoms with Crippen LogP contribution in [0.2, 0.25) is 0 Å². The number of hydrogen-bond donors (Lipinski definition) is 2. The van der Waals surface area contributed by atoms with Crippen molar-refractivity contribution >= 4 is 22.9 Å².